The lowest BCUT2D eigenvalue weighted by atomic mass is 9.98. The Morgan fingerprint density at radius 2 is 2.25 bits per heavy atom. The first-order valence-electron chi connectivity index (χ1n) is 8.07. The van der Waals surface area contributed by atoms with Gasteiger partial charge in [0.1, 0.15) is 17.6 Å². The molecule has 1 aromatic rings. The van der Waals surface area contributed by atoms with E-state index in [4.69, 9.17) is 4.74 Å². The lowest BCUT2D eigenvalue weighted by Crippen LogP contribution is -2.44. The van der Waals surface area contributed by atoms with Gasteiger partial charge in [0, 0.05) is 25.7 Å². The van der Waals surface area contributed by atoms with Gasteiger partial charge in [-0.25, -0.2) is 9.78 Å². The molecule has 1 amide bonds. The van der Waals surface area contributed by atoms with Crippen molar-refractivity contribution in [1.82, 2.24) is 9.88 Å². The number of aromatic nitrogens is 1. The van der Waals surface area contributed by atoms with Gasteiger partial charge in [-0.15, -0.1) is 0 Å². The maximum atomic E-state index is 12.1. The number of amides is 1. The number of hydrogen-bond donors (Lipinski definition) is 1. The van der Waals surface area contributed by atoms with Crippen LogP contribution >= 0.6 is 0 Å². The Labute approximate surface area is 141 Å². The Hall–Kier alpha value is -2.38. The number of hydrogen-bond acceptors (Lipinski definition) is 6. The average Bonchev–Trinajstić information content (AvgIpc) is 2.52. The van der Waals surface area contributed by atoms with Crippen LogP contribution in [0.25, 0.3) is 0 Å². The lowest BCUT2D eigenvalue weighted by molar-refractivity contribution is -0.385. The van der Waals surface area contributed by atoms with Crippen LogP contribution < -0.4 is 5.32 Å². The number of nitro groups is 1. The summed E-state index contributed by atoms with van der Waals surface area (Å²) in [6.45, 7) is 7.57. The van der Waals surface area contributed by atoms with Gasteiger partial charge in [-0.3, -0.25) is 10.1 Å². The molecule has 1 aliphatic heterocycles. The minimum absolute atomic E-state index is 0.0330. The normalized spacial score (nSPS) is 18.1. The molecule has 2 rings (SSSR count). The molecule has 1 aliphatic rings. The van der Waals surface area contributed by atoms with Gasteiger partial charge >= 0.3 is 6.09 Å². The summed E-state index contributed by atoms with van der Waals surface area (Å²) in [6, 6.07) is 3.01. The van der Waals surface area contributed by atoms with Crippen molar-refractivity contribution in [3.05, 3.63) is 28.4 Å². The predicted octanol–water partition coefficient (Wildman–Crippen LogP) is 3.05. The number of likely N-dealkylation sites (tertiary alicyclic amines) is 1. The van der Waals surface area contributed by atoms with E-state index in [1.54, 1.807) is 11.0 Å². The molecule has 1 unspecified atom stereocenters. The van der Waals surface area contributed by atoms with E-state index < -0.39 is 10.5 Å². The van der Waals surface area contributed by atoms with E-state index in [-0.39, 0.29) is 11.8 Å². The van der Waals surface area contributed by atoms with Crippen LogP contribution in [-0.4, -0.2) is 46.1 Å². The van der Waals surface area contributed by atoms with Crippen molar-refractivity contribution in [2.45, 2.75) is 39.2 Å². The van der Waals surface area contributed by atoms with Gasteiger partial charge in [0.2, 0.25) is 0 Å². The summed E-state index contributed by atoms with van der Waals surface area (Å²) in [7, 11) is 0. The zero-order valence-corrected chi connectivity index (χ0v) is 14.3. The summed E-state index contributed by atoms with van der Waals surface area (Å²) < 4.78 is 5.41. The molecule has 0 aromatic carbocycles. The number of carbonyl (C=O) groups excluding carboxylic acids is 1. The molecule has 0 radical (unpaired) electrons. The van der Waals surface area contributed by atoms with Crippen LogP contribution in [0.4, 0.5) is 16.3 Å². The van der Waals surface area contributed by atoms with Crippen molar-refractivity contribution in [2.24, 2.45) is 5.92 Å². The Morgan fingerprint density at radius 3 is 2.83 bits per heavy atom. The van der Waals surface area contributed by atoms with Gasteiger partial charge in [-0.1, -0.05) is 0 Å². The first kappa shape index (κ1) is 18.0. The van der Waals surface area contributed by atoms with Crippen molar-refractivity contribution >= 4 is 17.6 Å². The van der Waals surface area contributed by atoms with E-state index in [9.17, 15) is 14.9 Å². The minimum Gasteiger partial charge on any atom is -0.444 e. The van der Waals surface area contributed by atoms with Crippen molar-refractivity contribution in [2.75, 3.05) is 25.0 Å². The SMILES string of the molecule is CC(C)(C)OC(=O)N1CCCC(CNc2ccc([N+](=O)[O-])cn2)C1. The summed E-state index contributed by atoms with van der Waals surface area (Å²) in [5, 5.41) is 13.8. The number of ether oxygens (including phenoxy) is 1. The third-order valence-electron chi connectivity index (χ3n) is 3.70. The molecule has 1 fully saturated rings. The molecule has 1 N–H and O–H groups in total. The molecule has 1 aromatic heterocycles. The zero-order valence-electron chi connectivity index (χ0n) is 14.3. The van der Waals surface area contributed by atoms with Crippen LogP contribution in [0.15, 0.2) is 18.3 Å². The van der Waals surface area contributed by atoms with E-state index >= 15 is 0 Å². The van der Waals surface area contributed by atoms with Crippen LogP contribution in [-0.2, 0) is 4.74 Å². The fraction of sp³-hybridized carbons (Fsp3) is 0.625. The quantitative estimate of drug-likeness (QED) is 0.670. The molecule has 1 atom stereocenters. The molecule has 0 bridgehead atoms. The number of nitrogens with one attached hydrogen (secondary N) is 1. The molecule has 8 heteroatoms. The number of pyridine rings is 1. The molecule has 8 nitrogen and oxygen atoms in total. The van der Waals surface area contributed by atoms with Gasteiger partial charge in [-0.2, -0.15) is 0 Å². The van der Waals surface area contributed by atoms with Crippen LogP contribution in [0.3, 0.4) is 0 Å². The molecule has 0 aliphatic carbocycles. The number of rotatable bonds is 4. The molecule has 2 heterocycles. The summed E-state index contributed by atoms with van der Waals surface area (Å²) in [6.07, 6.45) is 2.90. The van der Waals surface area contributed by atoms with Crippen molar-refractivity contribution in [3.8, 4) is 0 Å². The van der Waals surface area contributed by atoms with E-state index in [0.29, 0.717) is 31.4 Å². The van der Waals surface area contributed by atoms with E-state index in [1.807, 2.05) is 20.8 Å². The second kappa shape index (κ2) is 7.46. The van der Waals surface area contributed by atoms with Crippen molar-refractivity contribution in [3.63, 3.8) is 0 Å². The van der Waals surface area contributed by atoms with Gasteiger partial charge < -0.3 is 15.0 Å². The number of carbonyl (C=O) groups is 1. The molecule has 0 saturated carbocycles. The van der Waals surface area contributed by atoms with Crippen LogP contribution in [0.2, 0.25) is 0 Å². The fourth-order valence-corrected chi connectivity index (χ4v) is 2.57. The van der Waals surface area contributed by atoms with E-state index in [1.165, 1.54) is 12.3 Å². The number of piperidine rings is 1. The highest BCUT2D eigenvalue weighted by Gasteiger charge is 2.27. The zero-order chi connectivity index (χ0) is 17.7. The predicted molar refractivity (Wildman–Crippen MR) is 89.9 cm³/mol. The van der Waals surface area contributed by atoms with E-state index in [2.05, 4.69) is 10.3 Å². The summed E-state index contributed by atoms with van der Waals surface area (Å²) in [5.74, 6) is 0.887. The van der Waals surface area contributed by atoms with Crippen LogP contribution in [0, 0.1) is 16.0 Å². The van der Waals surface area contributed by atoms with Gasteiger partial charge in [0.25, 0.3) is 5.69 Å². The van der Waals surface area contributed by atoms with Crippen LogP contribution in [0.1, 0.15) is 33.6 Å². The second-order valence-electron chi connectivity index (χ2n) is 6.97. The fourth-order valence-electron chi connectivity index (χ4n) is 2.57. The Kier molecular flexibility index (Phi) is 5.58. The monoisotopic (exact) mass is 336 g/mol. The number of nitrogens with zero attached hydrogens (tertiary/aromatic N) is 3. The highest BCUT2D eigenvalue weighted by atomic mass is 16.6. The lowest BCUT2D eigenvalue weighted by Gasteiger charge is -2.34. The Bertz CT molecular complexity index is 583. The summed E-state index contributed by atoms with van der Waals surface area (Å²) in [4.78, 5) is 28.0. The minimum atomic E-state index is -0.495. The Balaban J connectivity index is 1.84. The standard InChI is InChI=1S/C16H24N4O4/c1-16(2,3)24-15(21)19-8-4-5-12(11-19)9-17-14-7-6-13(10-18-14)20(22)23/h6-7,10,12H,4-5,8-9,11H2,1-3H3,(H,17,18). The molecule has 132 valence electrons. The molecule has 0 spiro atoms. The largest absolute Gasteiger partial charge is 0.444 e. The van der Waals surface area contributed by atoms with E-state index in [0.717, 1.165) is 12.8 Å². The van der Waals surface area contributed by atoms with Crippen LogP contribution in [0.5, 0.6) is 0 Å². The highest BCUT2D eigenvalue weighted by Crippen LogP contribution is 2.20. The molecular formula is C16H24N4O4. The smallest absolute Gasteiger partial charge is 0.410 e. The first-order chi connectivity index (χ1) is 11.2. The first-order valence-corrected chi connectivity index (χ1v) is 8.07. The molecular weight excluding hydrogens is 312 g/mol. The third-order valence-corrected chi connectivity index (χ3v) is 3.70. The van der Waals surface area contributed by atoms with Gasteiger partial charge in [-0.05, 0) is 45.6 Å². The van der Waals surface area contributed by atoms with Gasteiger partial charge in [0.15, 0.2) is 0 Å². The van der Waals surface area contributed by atoms with Crippen molar-refractivity contribution in [1.29, 1.82) is 0 Å². The summed E-state index contributed by atoms with van der Waals surface area (Å²) >= 11 is 0. The van der Waals surface area contributed by atoms with Crippen molar-refractivity contribution < 1.29 is 14.5 Å². The average molecular weight is 336 g/mol. The molecule has 24 heavy (non-hydrogen) atoms. The molecule has 1 saturated heterocycles. The maximum absolute atomic E-state index is 12.1. The topological polar surface area (TPSA) is 97.6 Å². The summed E-state index contributed by atoms with van der Waals surface area (Å²) in [5.41, 5.74) is -0.528. The maximum Gasteiger partial charge on any atom is 0.410 e. The number of anilines is 1. The Morgan fingerprint density at radius 1 is 1.50 bits per heavy atom. The van der Waals surface area contributed by atoms with Gasteiger partial charge in [0.05, 0.1) is 4.92 Å². The highest BCUT2D eigenvalue weighted by molar-refractivity contribution is 5.68. The second-order valence-corrected chi connectivity index (χ2v) is 6.97. The third kappa shape index (κ3) is 5.36.